The predicted molar refractivity (Wildman–Crippen MR) is 59.5 cm³/mol. The Bertz CT molecular complexity index is 312. The minimum absolute atomic E-state index is 0. The molecule has 0 saturated heterocycles. The number of hydrazine groups is 1. The smallest absolute Gasteiger partial charge is 0.368 e. The van der Waals surface area contributed by atoms with Gasteiger partial charge in [-0.3, -0.25) is 10.9 Å². The zero-order valence-corrected chi connectivity index (χ0v) is 12.7. The Balaban J connectivity index is 0.00000169. The number of hydrogen-bond acceptors (Lipinski definition) is 5. The van der Waals surface area contributed by atoms with Gasteiger partial charge in [-0.1, -0.05) is 12.2 Å². The van der Waals surface area contributed by atoms with Crippen molar-refractivity contribution >= 4 is 40.9 Å². The Morgan fingerprint density at radius 2 is 2.21 bits per heavy atom. The Morgan fingerprint density at radius 1 is 1.57 bits per heavy atom. The van der Waals surface area contributed by atoms with E-state index in [9.17, 15) is 0 Å². The molecule has 0 aromatic carbocycles. The first-order chi connectivity index (χ1) is 6.08. The molecule has 0 spiro atoms. The molecule has 0 radical (unpaired) electrons. The van der Waals surface area contributed by atoms with Gasteiger partial charge in [0.15, 0.2) is 0 Å². The summed E-state index contributed by atoms with van der Waals surface area (Å²) in [6, 6.07) is 1.73. The second kappa shape index (κ2) is 6.93. The van der Waals surface area contributed by atoms with Crippen LogP contribution in [0, 0.1) is 6.92 Å². The van der Waals surface area contributed by atoms with Gasteiger partial charge >= 0.3 is 51.4 Å². The van der Waals surface area contributed by atoms with Gasteiger partial charge in [0, 0.05) is 11.8 Å². The number of nitrogens with one attached hydrogen (secondary N) is 2. The molecule has 0 saturated carbocycles. The summed E-state index contributed by atoms with van der Waals surface area (Å²) >= 11 is 8.54. The second-order valence-electron chi connectivity index (χ2n) is 2.31. The van der Waals surface area contributed by atoms with Crippen molar-refractivity contribution in [3.8, 4) is 0 Å². The monoisotopic (exact) mass is 254 g/mol. The Hall–Kier alpha value is 0.556. The molecule has 0 aliphatic rings. The maximum absolute atomic E-state index is 5.42. The van der Waals surface area contributed by atoms with E-state index >= 15 is 0 Å². The minimum Gasteiger partial charge on any atom is -0.368 e. The minimum atomic E-state index is 0. The number of nitrogens with zero attached hydrogens (tertiary/aromatic N) is 2. The fourth-order valence-electron chi connectivity index (χ4n) is 0.773. The van der Waals surface area contributed by atoms with Crippen LogP contribution in [0.25, 0.3) is 0 Å². The number of anilines is 2. The summed E-state index contributed by atoms with van der Waals surface area (Å²) < 4.78 is 0.329. The maximum Gasteiger partial charge on any atom is 1.00 e. The van der Waals surface area contributed by atoms with Gasteiger partial charge in [0.05, 0.1) is 0 Å². The molecule has 8 heteroatoms. The van der Waals surface area contributed by atoms with Crippen molar-refractivity contribution in [1.29, 1.82) is 0 Å². The van der Waals surface area contributed by atoms with Gasteiger partial charge in [0.1, 0.15) is 10.1 Å². The van der Waals surface area contributed by atoms with Crippen molar-refractivity contribution in [1.82, 2.24) is 15.4 Å². The number of aryl methyl sites for hydroxylation is 1. The van der Waals surface area contributed by atoms with E-state index in [1.54, 1.807) is 6.07 Å². The SMILES string of the molecule is Cc1cc(NNC(=S)S)nc(N)n1.[K+]. The Morgan fingerprint density at radius 3 is 2.71 bits per heavy atom. The molecular formula is C6H9KN5S2+. The molecule has 0 bridgehead atoms. The van der Waals surface area contributed by atoms with Crippen molar-refractivity contribution in [2.45, 2.75) is 6.92 Å². The molecule has 14 heavy (non-hydrogen) atoms. The van der Waals surface area contributed by atoms with E-state index in [0.717, 1.165) is 5.69 Å². The average molecular weight is 254 g/mol. The number of thiocarbonyl (C=S) groups is 1. The van der Waals surface area contributed by atoms with E-state index in [1.165, 1.54) is 0 Å². The first-order valence-electron chi connectivity index (χ1n) is 3.44. The number of nitrogen functional groups attached to an aromatic ring is 1. The van der Waals surface area contributed by atoms with Crippen molar-refractivity contribution in [2.75, 3.05) is 11.2 Å². The molecule has 0 aliphatic carbocycles. The van der Waals surface area contributed by atoms with Crippen LogP contribution in [0.15, 0.2) is 6.07 Å². The number of hydrogen-bond donors (Lipinski definition) is 4. The number of thiol groups is 1. The fraction of sp³-hybridized carbons (Fsp3) is 0.167. The second-order valence-corrected chi connectivity index (χ2v) is 3.47. The van der Waals surface area contributed by atoms with E-state index in [4.69, 9.17) is 5.73 Å². The zero-order chi connectivity index (χ0) is 9.84. The van der Waals surface area contributed by atoms with E-state index in [1.807, 2.05) is 6.92 Å². The largest absolute Gasteiger partial charge is 1.00 e. The van der Waals surface area contributed by atoms with E-state index in [2.05, 4.69) is 45.7 Å². The van der Waals surface area contributed by atoms with E-state index in [-0.39, 0.29) is 57.3 Å². The van der Waals surface area contributed by atoms with Crippen LogP contribution in [0.3, 0.4) is 0 Å². The van der Waals surface area contributed by atoms with E-state index in [0.29, 0.717) is 10.1 Å². The number of nitrogens with two attached hydrogens (primary N) is 1. The first kappa shape index (κ1) is 14.6. The molecule has 1 aromatic rings. The van der Waals surface area contributed by atoms with Crippen LogP contribution in [0.2, 0.25) is 0 Å². The standard InChI is InChI=1S/C6H9N5S2.K/c1-3-2-4(9-5(7)8-3)10-11-6(12)13;/h2H,1H3,(H2,11,12,13)(H3,7,8,9,10);/q;+1. The van der Waals surface area contributed by atoms with Crippen LogP contribution in [-0.2, 0) is 0 Å². The summed E-state index contributed by atoms with van der Waals surface area (Å²) in [5, 5.41) is 0. The topological polar surface area (TPSA) is 75.9 Å². The fourth-order valence-corrected chi connectivity index (χ4v) is 0.880. The van der Waals surface area contributed by atoms with Crippen molar-refractivity contribution < 1.29 is 51.4 Å². The van der Waals surface area contributed by atoms with Gasteiger partial charge in [-0.25, -0.2) is 4.98 Å². The van der Waals surface area contributed by atoms with Crippen LogP contribution in [0.4, 0.5) is 11.8 Å². The molecule has 0 fully saturated rings. The number of rotatable bonds is 2. The van der Waals surface area contributed by atoms with Crippen molar-refractivity contribution in [2.24, 2.45) is 0 Å². The van der Waals surface area contributed by atoms with E-state index < -0.39 is 0 Å². The first-order valence-corrected chi connectivity index (χ1v) is 4.29. The quantitative estimate of drug-likeness (QED) is 0.202. The summed E-state index contributed by atoms with van der Waals surface area (Å²) in [4.78, 5) is 7.81. The van der Waals surface area contributed by atoms with Gasteiger partial charge in [-0.15, -0.1) is 12.6 Å². The van der Waals surface area contributed by atoms with Crippen LogP contribution in [0.5, 0.6) is 0 Å². The molecule has 1 rings (SSSR count). The van der Waals surface area contributed by atoms with Gasteiger partial charge in [-0.05, 0) is 6.92 Å². The molecule has 4 N–H and O–H groups in total. The summed E-state index contributed by atoms with van der Waals surface area (Å²) in [7, 11) is 0. The molecule has 1 aromatic heterocycles. The summed E-state index contributed by atoms with van der Waals surface area (Å²) in [5.74, 6) is 0.774. The Labute approximate surface area is 135 Å². The number of aromatic nitrogens is 2. The predicted octanol–water partition coefficient (Wildman–Crippen LogP) is -2.50. The Kier molecular flexibility index (Phi) is 7.21. The van der Waals surface area contributed by atoms with Gasteiger partial charge in [-0.2, -0.15) is 4.98 Å². The summed E-state index contributed by atoms with van der Waals surface area (Å²) in [6.07, 6.45) is 0. The third kappa shape index (κ3) is 5.44. The average Bonchev–Trinajstić information content (AvgIpc) is 1.99. The molecule has 70 valence electrons. The molecule has 0 atom stereocenters. The van der Waals surface area contributed by atoms with Crippen molar-refractivity contribution in [3.63, 3.8) is 0 Å². The van der Waals surface area contributed by atoms with Gasteiger partial charge in [0.2, 0.25) is 5.95 Å². The third-order valence-electron chi connectivity index (χ3n) is 1.17. The molecule has 0 unspecified atom stereocenters. The molecule has 5 nitrogen and oxygen atoms in total. The maximum atomic E-state index is 5.42. The van der Waals surface area contributed by atoms with Crippen LogP contribution < -0.4 is 68.0 Å². The van der Waals surface area contributed by atoms with Gasteiger partial charge < -0.3 is 5.73 Å². The molecule has 1 heterocycles. The third-order valence-corrected chi connectivity index (χ3v) is 1.38. The molecule has 0 aliphatic heterocycles. The van der Waals surface area contributed by atoms with Crippen LogP contribution >= 0.6 is 24.8 Å². The summed E-state index contributed by atoms with van der Waals surface area (Å²) in [6.45, 7) is 1.82. The zero-order valence-electron chi connectivity index (χ0n) is 7.90. The van der Waals surface area contributed by atoms with Gasteiger partial charge in [0.25, 0.3) is 0 Å². The van der Waals surface area contributed by atoms with Crippen LogP contribution in [-0.4, -0.2) is 14.3 Å². The molecule has 0 amide bonds. The normalized spacial score (nSPS) is 8.71. The molecular weight excluding hydrogens is 245 g/mol. The summed E-state index contributed by atoms with van der Waals surface area (Å²) in [5.41, 5.74) is 11.5. The van der Waals surface area contributed by atoms with Crippen LogP contribution in [0.1, 0.15) is 5.69 Å². The van der Waals surface area contributed by atoms with Crippen molar-refractivity contribution in [3.05, 3.63) is 11.8 Å².